The standard InChI is InChI=1S/C25H35N3O3/c29-25(27-30)14-3-1-2-9-21(19-26-15-18-28-16-6-7-17-28)20-31-24-13-8-11-22-10-4-5-12-23(22)24/h4-5,8-13,26,30H,1-3,6-7,14-20H2,(H,27,29)/b21-9-. The highest BCUT2D eigenvalue weighted by atomic mass is 16.5. The van der Waals surface area contributed by atoms with Crippen LogP contribution in [0.2, 0.25) is 0 Å². The number of amides is 1. The molecule has 6 heteroatoms. The van der Waals surface area contributed by atoms with E-state index >= 15 is 0 Å². The van der Waals surface area contributed by atoms with Crippen LogP contribution in [-0.4, -0.2) is 55.3 Å². The van der Waals surface area contributed by atoms with Crippen molar-refractivity contribution in [2.75, 3.05) is 39.3 Å². The smallest absolute Gasteiger partial charge is 0.243 e. The summed E-state index contributed by atoms with van der Waals surface area (Å²) in [4.78, 5) is 13.7. The third kappa shape index (κ3) is 7.98. The molecule has 0 bridgehead atoms. The van der Waals surface area contributed by atoms with Crippen LogP contribution in [0.4, 0.5) is 0 Å². The summed E-state index contributed by atoms with van der Waals surface area (Å²) in [6.45, 7) is 5.85. The van der Waals surface area contributed by atoms with Crippen LogP contribution in [0.25, 0.3) is 10.8 Å². The van der Waals surface area contributed by atoms with Gasteiger partial charge in [0, 0.05) is 31.4 Å². The van der Waals surface area contributed by atoms with Gasteiger partial charge in [0.2, 0.25) is 5.91 Å². The van der Waals surface area contributed by atoms with E-state index in [0.29, 0.717) is 13.0 Å². The van der Waals surface area contributed by atoms with Gasteiger partial charge in [-0.1, -0.05) is 42.5 Å². The fourth-order valence-corrected chi connectivity index (χ4v) is 3.96. The molecule has 1 aliphatic heterocycles. The van der Waals surface area contributed by atoms with Crippen LogP contribution in [0.3, 0.4) is 0 Å². The van der Waals surface area contributed by atoms with E-state index in [1.807, 2.05) is 24.3 Å². The van der Waals surface area contributed by atoms with E-state index < -0.39 is 0 Å². The molecule has 2 aromatic carbocycles. The minimum atomic E-state index is -0.327. The van der Waals surface area contributed by atoms with E-state index in [0.717, 1.165) is 50.0 Å². The van der Waals surface area contributed by atoms with Crippen LogP contribution >= 0.6 is 0 Å². The molecule has 0 aliphatic carbocycles. The summed E-state index contributed by atoms with van der Waals surface area (Å²) in [5, 5.41) is 14.5. The summed E-state index contributed by atoms with van der Waals surface area (Å²) >= 11 is 0. The average Bonchev–Trinajstić information content (AvgIpc) is 3.32. The summed E-state index contributed by atoms with van der Waals surface area (Å²) in [6.07, 6.45) is 7.75. The topological polar surface area (TPSA) is 73.8 Å². The van der Waals surface area contributed by atoms with Crippen molar-refractivity contribution in [2.45, 2.75) is 38.5 Å². The van der Waals surface area contributed by atoms with Crippen molar-refractivity contribution in [3.8, 4) is 5.75 Å². The molecule has 0 aromatic heterocycles. The Labute approximate surface area is 185 Å². The molecule has 3 N–H and O–H groups in total. The molecular formula is C25H35N3O3. The Morgan fingerprint density at radius 1 is 1.10 bits per heavy atom. The molecule has 1 heterocycles. The van der Waals surface area contributed by atoms with Crippen molar-refractivity contribution in [1.82, 2.24) is 15.7 Å². The van der Waals surface area contributed by atoms with Crippen LogP contribution in [0.5, 0.6) is 5.75 Å². The highest BCUT2D eigenvalue weighted by Gasteiger charge is 2.10. The molecule has 3 rings (SSSR count). The minimum absolute atomic E-state index is 0.327. The number of rotatable bonds is 13. The average molecular weight is 426 g/mol. The molecule has 0 spiro atoms. The Hall–Kier alpha value is -2.41. The van der Waals surface area contributed by atoms with Gasteiger partial charge in [-0.3, -0.25) is 10.0 Å². The molecule has 1 amide bonds. The second kappa shape index (κ2) is 13.1. The predicted octanol–water partition coefficient (Wildman–Crippen LogP) is 3.90. The number of nitrogens with one attached hydrogen (secondary N) is 2. The zero-order valence-corrected chi connectivity index (χ0v) is 18.3. The highest BCUT2D eigenvalue weighted by molar-refractivity contribution is 5.88. The third-order valence-corrected chi connectivity index (χ3v) is 5.73. The maximum atomic E-state index is 11.1. The van der Waals surface area contributed by atoms with E-state index in [4.69, 9.17) is 9.94 Å². The van der Waals surface area contributed by atoms with Gasteiger partial charge in [0.1, 0.15) is 12.4 Å². The molecule has 6 nitrogen and oxygen atoms in total. The highest BCUT2D eigenvalue weighted by Crippen LogP contribution is 2.25. The number of hydrogen-bond acceptors (Lipinski definition) is 5. The number of fused-ring (bicyclic) bond motifs is 1. The molecule has 0 unspecified atom stereocenters. The van der Waals surface area contributed by atoms with Gasteiger partial charge in [-0.2, -0.15) is 0 Å². The van der Waals surface area contributed by atoms with Gasteiger partial charge in [0.15, 0.2) is 0 Å². The van der Waals surface area contributed by atoms with Crippen molar-refractivity contribution in [1.29, 1.82) is 0 Å². The minimum Gasteiger partial charge on any atom is -0.489 e. The molecule has 168 valence electrons. The summed E-state index contributed by atoms with van der Waals surface area (Å²) in [6, 6.07) is 14.4. The number of hydroxylamine groups is 1. The molecule has 0 atom stereocenters. The number of allylic oxidation sites excluding steroid dienone is 1. The molecule has 2 aromatic rings. The molecule has 1 aliphatic rings. The number of carbonyl (C=O) groups is 1. The van der Waals surface area contributed by atoms with Gasteiger partial charge in [-0.15, -0.1) is 0 Å². The largest absolute Gasteiger partial charge is 0.489 e. The van der Waals surface area contributed by atoms with Crippen LogP contribution in [0.1, 0.15) is 38.5 Å². The molecule has 31 heavy (non-hydrogen) atoms. The quantitative estimate of drug-likeness (QED) is 0.196. The maximum absolute atomic E-state index is 11.1. The van der Waals surface area contributed by atoms with Crippen molar-refractivity contribution in [3.05, 3.63) is 54.1 Å². The number of likely N-dealkylation sites (tertiary alicyclic amines) is 1. The summed E-state index contributed by atoms with van der Waals surface area (Å²) < 4.78 is 6.21. The fraction of sp³-hybridized carbons (Fsp3) is 0.480. The van der Waals surface area contributed by atoms with Gasteiger partial charge in [-0.25, -0.2) is 5.48 Å². The lowest BCUT2D eigenvalue weighted by atomic mass is 10.1. The van der Waals surface area contributed by atoms with Gasteiger partial charge < -0.3 is 15.0 Å². The lowest BCUT2D eigenvalue weighted by Gasteiger charge is -2.16. The SMILES string of the molecule is O=C(CCCC/C=C(/CNCCN1CCCC1)COc1cccc2ccccc12)NO. The van der Waals surface area contributed by atoms with Crippen molar-refractivity contribution >= 4 is 16.7 Å². The zero-order chi connectivity index (χ0) is 21.7. The van der Waals surface area contributed by atoms with Crippen LogP contribution in [0, 0.1) is 0 Å². The van der Waals surface area contributed by atoms with Crippen LogP contribution < -0.4 is 15.5 Å². The Morgan fingerprint density at radius 2 is 1.90 bits per heavy atom. The van der Waals surface area contributed by atoms with Crippen molar-refractivity contribution < 1.29 is 14.7 Å². The van der Waals surface area contributed by atoms with E-state index in [9.17, 15) is 4.79 Å². The Morgan fingerprint density at radius 3 is 2.74 bits per heavy atom. The molecule has 0 radical (unpaired) electrons. The second-order valence-electron chi connectivity index (χ2n) is 8.13. The van der Waals surface area contributed by atoms with Crippen molar-refractivity contribution in [2.24, 2.45) is 0 Å². The number of unbranched alkanes of at least 4 members (excludes halogenated alkanes) is 2. The Bertz CT molecular complexity index is 842. The first-order chi connectivity index (χ1) is 15.3. The zero-order valence-electron chi connectivity index (χ0n) is 18.3. The molecule has 1 saturated heterocycles. The number of nitrogens with zero attached hydrogens (tertiary/aromatic N) is 1. The first kappa shape index (κ1) is 23.3. The summed E-state index contributed by atoms with van der Waals surface area (Å²) in [7, 11) is 0. The first-order valence-corrected chi connectivity index (χ1v) is 11.4. The monoisotopic (exact) mass is 425 g/mol. The number of hydrogen-bond donors (Lipinski definition) is 3. The summed E-state index contributed by atoms with van der Waals surface area (Å²) in [5.74, 6) is 0.577. The number of carbonyl (C=O) groups excluding carboxylic acids is 1. The van der Waals surface area contributed by atoms with Gasteiger partial charge in [-0.05, 0) is 62.2 Å². The normalized spacial score (nSPS) is 14.8. The lowest BCUT2D eigenvalue weighted by molar-refractivity contribution is -0.129. The number of benzene rings is 2. The van der Waals surface area contributed by atoms with Crippen molar-refractivity contribution in [3.63, 3.8) is 0 Å². The summed E-state index contributed by atoms with van der Waals surface area (Å²) in [5.41, 5.74) is 2.91. The second-order valence-corrected chi connectivity index (χ2v) is 8.13. The van der Waals surface area contributed by atoms with Crippen LogP contribution in [0.15, 0.2) is 54.1 Å². The van der Waals surface area contributed by atoms with Gasteiger partial charge in [0.25, 0.3) is 0 Å². The predicted molar refractivity (Wildman–Crippen MR) is 124 cm³/mol. The van der Waals surface area contributed by atoms with E-state index in [1.165, 1.54) is 36.9 Å². The molecule has 0 saturated carbocycles. The van der Waals surface area contributed by atoms with Crippen LogP contribution in [-0.2, 0) is 4.79 Å². The number of ether oxygens (including phenoxy) is 1. The van der Waals surface area contributed by atoms with Gasteiger partial charge in [0.05, 0.1) is 0 Å². The maximum Gasteiger partial charge on any atom is 0.243 e. The van der Waals surface area contributed by atoms with E-state index in [-0.39, 0.29) is 5.91 Å². The Balaban J connectivity index is 1.51. The molecular weight excluding hydrogens is 390 g/mol. The third-order valence-electron chi connectivity index (χ3n) is 5.73. The first-order valence-electron chi connectivity index (χ1n) is 11.4. The van der Waals surface area contributed by atoms with E-state index in [2.05, 4.69) is 34.5 Å². The van der Waals surface area contributed by atoms with Gasteiger partial charge >= 0.3 is 0 Å². The fourth-order valence-electron chi connectivity index (χ4n) is 3.96. The lowest BCUT2D eigenvalue weighted by Crippen LogP contribution is -2.31. The van der Waals surface area contributed by atoms with E-state index in [1.54, 1.807) is 5.48 Å². The Kier molecular flexibility index (Phi) is 9.83. The molecule has 1 fully saturated rings.